The Hall–Kier alpha value is -2.41. The molecule has 3 N–H and O–H groups in total. The third-order valence-corrected chi connectivity index (χ3v) is 4.21. The number of fused-ring (bicyclic) bond motifs is 1. The summed E-state index contributed by atoms with van der Waals surface area (Å²) >= 11 is 0. The number of benzene rings is 1. The van der Waals surface area contributed by atoms with Gasteiger partial charge in [0.15, 0.2) is 0 Å². The van der Waals surface area contributed by atoms with Gasteiger partial charge in [0, 0.05) is 13.0 Å². The van der Waals surface area contributed by atoms with Crippen molar-refractivity contribution in [3.05, 3.63) is 34.9 Å². The molecule has 0 saturated heterocycles. The van der Waals surface area contributed by atoms with Gasteiger partial charge in [-0.05, 0) is 56.7 Å². The van der Waals surface area contributed by atoms with Crippen molar-refractivity contribution in [1.82, 2.24) is 9.80 Å². The summed E-state index contributed by atoms with van der Waals surface area (Å²) in [4.78, 5) is 39.1. The van der Waals surface area contributed by atoms with Gasteiger partial charge in [-0.25, -0.2) is 4.79 Å². The van der Waals surface area contributed by atoms with Crippen molar-refractivity contribution in [1.29, 1.82) is 0 Å². The van der Waals surface area contributed by atoms with Crippen LogP contribution in [-0.4, -0.2) is 59.9 Å². The van der Waals surface area contributed by atoms with Crippen molar-refractivity contribution in [3.8, 4) is 0 Å². The zero-order valence-electron chi connectivity index (χ0n) is 14.0. The zero-order chi connectivity index (χ0) is 17.9. The van der Waals surface area contributed by atoms with Crippen molar-refractivity contribution in [2.75, 3.05) is 27.2 Å². The molecule has 24 heavy (non-hydrogen) atoms. The SMILES string of the molecule is CN(C)CCCC(=O)N1CCc2ccc(C(=O)O)cc2C1C(N)=O. The van der Waals surface area contributed by atoms with Crippen molar-refractivity contribution in [3.63, 3.8) is 0 Å². The molecule has 130 valence electrons. The van der Waals surface area contributed by atoms with Crippen molar-refractivity contribution >= 4 is 17.8 Å². The van der Waals surface area contributed by atoms with Crippen LogP contribution in [0.5, 0.6) is 0 Å². The predicted octanol–water partition coefficient (Wildman–Crippen LogP) is 0.638. The van der Waals surface area contributed by atoms with Gasteiger partial charge in [-0.1, -0.05) is 6.07 Å². The number of amides is 2. The molecular weight excluding hydrogens is 310 g/mol. The van der Waals surface area contributed by atoms with E-state index in [0.717, 1.165) is 12.1 Å². The minimum absolute atomic E-state index is 0.0851. The quantitative estimate of drug-likeness (QED) is 0.795. The van der Waals surface area contributed by atoms with Gasteiger partial charge in [-0.3, -0.25) is 9.59 Å². The van der Waals surface area contributed by atoms with E-state index in [1.807, 2.05) is 19.0 Å². The Balaban J connectivity index is 2.26. The Kier molecular flexibility index (Phi) is 5.56. The first kappa shape index (κ1) is 17.9. The summed E-state index contributed by atoms with van der Waals surface area (Å²) < 4.78 is 0. The largest absolute Gasteiger partial charge is 0.478 e. The highest BCUT2D eigenvalue weighted by atomic mass is 16.4. The van der Waals surface area contributed by atoms with E-state index >= 15 is 0 Å². The lowest BCUT2D eigenvalue weighted by Crippen LogP contribution is -2.46. The van der Waals surface area contributed by atoms with Crippen LogP contribution in [0.15, 0.2) is 18.2 Å². The van der Waals surface area contributed by atoms with Gasteiger partial charge < -0.3 is 20.6 Å². The van der Waals surface area contributed by atoms with Gasteiger partial charge in [0.05, 0.1) is 5.56 Å². The summed E-state index contributed by atoms with van der Waals surface area (Å²) in [6.45, 7) is 1.19. The summed E-state index contributed by atoms with van der Waals surface area (Å²) in [6, 6.07) is 3.75. The first-order valence-electron chi connectivity index (χ1n) is 7.91. The maximum atomic E-state index is 12.5. The van der Waals surface area contributed by atoms with Crippen molar-refractivity contribution < 1.29 is 19.5 Å². The summed E-state index contributed by atoms with van der Waals surface area (Å²) in [5, 5.41) is 9.15. The van der Waals surface area contributed by atoms with Crippen LogP contribution in [0.4, 0.5) is 0 Å². The molecule has 1 unspecified atom stereocenters. The molecule has 0 aliphatic carbocycles. The zero-order valence-corrected chi connectivity index (χ0v) is 14.0. The number of carbonyl (C=O) groups excluding carboxylic acids is 2. The summed E-state index contributed by atoms with van der Waals surface area (Å²) in [6.07, 6.45) is 1.60. The smallest absolute Gasteiger partial charge is 0.335 e. The number of carboxylic acid groups (broad SMARTS) is 1. The standard InChI is InChI=1S/C17H23N3O4/c1-19(2)8-3-4-14(21)20-9-7-11-5-6-12(17(23)24)10-13(11)15(20)16(18)22/h5-6,10,15H,3-4,7-9H2,1-2H3,(H2,18,22)(H,23,24). The molecule has 2 rings (SSSR count). The van der Waals surface area contributed by atoms with Gasteiger partial charge in [-0.2, -0.15) is 0 Å². The summed E-state index contributed by atoms with van der Waals surface area (Å²) in [5.74, 6) is -1.85. The first-order valence-corrected chi connectivity index (χ1v) is 7.91. The lowest BCUT2D eigenvalue weighted by molar-refractivity contribution is -0.140. The van der Waals surface area contributed by atoms with E-state index in [0.29, 0.717) is 31.4 Å². The van der Waals surface area contributed by atoms with Crippen LogP contribution >= 0.6 is 0 Å². The van der Waals surface area contributed by atoms with Gasteiger partial charge in [0.25, 0.3) is 0 Å². The van der Waals surface area contributed by atoms with Crippen LogP contribution in [0.3, 0.4) is 0 Å². The van der Waals surface area contributed by atoms with E-state index in [1.165, 1.54) is 17.0 Å². The van der Waals surface area contributed by atoms with Crippen molar-refractivity contribution in [2.24, 2.45) is 5.73 Å². The normalized spacial score (nSPS) is 16.8. The molecule has 1 heterocycles. The van der Waals surface area contributed by atoms with Gasteiger partial charge in [0.2, 0.25) is 11.8 Å². The van der Waals surface area contributed by atoms with Crippen LogP contribution in [-0.2, 0) is 16.0 Å². The van der Waals surface area contributed by atoms with Crippen LogP contribution < -0.4 is 5.73 Å². The molecule has 7 heteroatoms. The van der Waals surface area contributed by atoms with E-state index in [4.69, 9.17) is 10.8 Å². The third-order valence-electron chi connectivity index (χ3n) is 4.21. The number of aromatic carboxylic acids is 1. The van der Waals surface area contributed by atoms with Gasteiger partial charge >= 0.3 is 5.97 Å². The molecule has 0 fully saturated rings. The van der Waals surface area contributed by atoms with Crippen LogP contribution in [0.25, 0.3) is 0 Å². The summed E-state index contributed by atoms with van der Waals surface area (Å²) in [5.41, 5.74) is 6.99. The second-order valence-electron chi connectivity index (χ2n) is 6.27. The van der Waals surface area contributed by atoms with Crippen LogP contribution in [0.1, 0.15) is 40.4 Å². The molecule has 1 aromatic rings. The lowest BCUT2D eigenvalue weighted by Gasteiger charge is -2.35. The molecule has 1 aromatic carbocycles. The van der Waals surface area contributed by atoms with Gasteiger partial charge in [0.1, 0.15) is 6.04 Å². The first-order chi connectivity index (χ1) is 11.3. The van der Waals surface area contributed by atoms with Gasteiger partial charge in [-0.15, -0.1) is 0 Å². The summed E-state index contributed by atoms with van der Waals surface area (Å²) in [7, 11) is 3.86. The number of carbonyl (C=O) groups is 3. The molecule has 1 atom stereocenters. The number of carboxylic acids is 1. The molecule has 1 aliphatic heterocycles. The second kappa shape index (κ2) is 7.44. The molecule has 0 aromatic heterocycles. The van der Waals surface area contributed by atoms with Crippen molar-refractivity contribution in [2.45, 2.75) is 25.3 Å². The number of hydrogen-bond acceptors (Lipinski definition) is 4. The molecule has 0 bridgehead atoms. The predicted molar refractivity (Wildman–Crippen MR) is 88.5 cm³/mol. The Labute approximate surface area is 141 Å². The molecule has 1 aliphatic rings. The highest BCUT2D eigenvalue weighted by Gasteiger charge is 2.34. The molecule has 0 spiro atoms. The minimum Gasteiger partial charge on any atom is -0.478 e. The Morgan fingerprint density at radius 2 is 2.04 bits per heavy atom. The van der Waals surface area contributed by atoms with E-state index in [9.17, 15) is 14.4 Å². The third kappa shape index (κ3) is 3.91. The fourth-order valence-corrected chi connectivity index (χ4v) is 3.01. The molecule has 0 saturated carbocycles. The molecule has 2 amide bonds. The lowest BCUT2D eigenvalue weighted by atomic mass is 9.90. The molecule has 7 nitrogen and oxygen atoms in total. The Bertz CT molecular complexity index is 657. The maximum absolute atomic E-state index is 12.5. The van der Waals surface area contributed by atoms with E-state index in [-0.39, 0.29) is 11.5 Å². The van der Waals surface area contributed by atoms with E-state index in [1.54, 1.807) is 6.07 Å². The Morgan fingerprint density at radius 1 is 1.33 bits per heavy atom. The maximum Gasteiger partial charge on any atom is 0.335 e. The second-order valence-corrected chi connectivity index (χ2v) is 6.27. The van der Waals surface area contributed by atoms with Crippen LogP contribution in [0.2, 0.25) is 0 Å². The number of nitrogens with two attached hydrogens (primary N) is 1. The fourth-order valence-electron chi connectivity index (χ4n) is 3.01. The average molecular weight is 333 g/mol. The molecular formula is C17H23N3O4. The minimum atomic E-state index is -1.07. The molecule has 0 radical (unpaired) electrons. The average Bonchev–Trinajstić information content (AvgIpc) is 2.52. The Morgan fingerprint density at radius 3 is 2.62 bits per heavy atom. The number of primary amides is 1. The number of rotatable bonds is 6. The highest BCUT2D eigenvalue weighted by Crippen LogP contribution is 2.31. The highest BCUT2D eigenvalue weighted by molar-refractivity contribution is 5.91. The van der Waals surface area contributed by atoms with E-state index < -0.39 is 17.9 Å². The fraction of sp³-hybridized carbons (Fsp3) is 0.471. The number of nitrogens with zero attached hydrogens (tertiary/aromatic N) is 2. The number of hydrogen-bond donors (Lipinski definition) is 2. The monoisotopic (exact) mass is 333 g/mol. The van der Waals surface area contributed by atoms with E-state index in [2.05, 4.69) is 0 Å². The van der Waals surface area contributed by atoms with Crippen LogP contribution in [0, 0.1) is 0 Å². The topological polar surface area (TPSA) is 104 Å².